The van der Waals surface area contributed by atoms with Gasteiger partial charge in [-0.15, -0.1) is 11.3 Å². The molecule has 0 aromatic carbocycles. The number of rotatable bonds is 6. The molecule has 23 heavy (non-hydrogen) atoms. The van der Waals surface area contributed by atoms with Gasteiger partial charge < -0.3 is 15.8 Å². The van der Waals surface area contributed by atoms with Gasteiger partial charge in [-0.25, -0.2) is 0 Å². The van der Waals surface area contributed by atoms with Gasteiger partial charge in [-0.05, 0) is 37.8 Å². The second kappa shape index (κ2) is 8.13. The van der Waals surface area contributed by atoms with Gasteiger partial charge in [-0.2, -0.15) is 0 Å². The molecule has 128 valence electrons. The fourth-order valence-electron chi connectivity index (χ4n) is 3.09. The number of morpholine rings is 1. The minimum absolute atomic E-state index is 0.307. The van der Waals surface area contributed by atoms with Crippen LogP contribution in [0, 0.1) is 12.8 Å². The highest BCUT2D eigenvalue weighted by molar-refractivity contribution is 7.12. The van der Waals surface area contributed by atoms with Gasteiger partial charge in [0, 0.05) is 29.4 Å². The van der Waals surface area contributed by atoms with Gasteiger partial charge >= 0.3 is 0 Å². The van der Waals surface area contributed by atoms with E-state index in [1.807, 2.05) is 11.3 Å². The van der Waals surface area contributed by atoms with Crippen molar-refractivity contribution in [3.05, 3.63) is 21.9 Å². The Morgan fingerprint density at radius 3 is 2.83 bits per heavy atom. The molecule has 1 aliphatic heterocycles. The van der Waals surface area contributed by atoms with Crippen LogP contribution in [0.4, 0.5) is 0 Å². The zero-order valence-electron chi connectivity index (χ0n) is 14.0. The van der Waals surface area contributed by atoms with E-state index in [9.17, 15) is 0 Å². The van der Waals surface area contributed by atoms with Gasteiger partial charge in [0.05, 0.1) is 25.8 Å². The smallest absolute Gasteiger partial charge is 0.188 e. The number of aryl methyl sites for hydroxylation is 1. The van der Waals surface area contributed by atoms with Gasteiger partial charge in [-0.1, -0.05) is 6.42 Å². The average molecular weight is 337 g/mol. The van der Waals surface area contributed by atoms with Crippen LogP contribution in [0.3, 0.4) is 0 Å². The maximum atomic E-state index is 6.06. The molecule has 0 spiro atoms. The van der Waals surface area contributed by atoms with Crippen molar-refractivity contribution in [2.24, 2.45) is 16.6 Å². The van der Waals surface area contributed by atoms with Crippen molar-refractivity contribution in [2.45, 2.75) is 32.2 Å². The number of thiophene rings is 1. The van der Waals surface area contributed by atoms with E-state index in [0.29, 0.717) is 18.5 Å². The van der Waals surface area contributed by atoms with E-state index >= 15 is 0 Å². The molecule has 2 heterocycles. The molecule has 0 amide bonds. The summed E-state index contributed by atoms with van der Waals surface area (Å²) in [5, 5.41) is 3.29. The summed E-state index contributed by atoms with van der Waals surface area (Å²) in [6, 6.07) is 4.73. The molecule has 0 radical (unpaired) electrons. The van der Waals surface area contributed by atoms with E-state index in [2.05, 4.69) is 34.3 Å². The van der Waals surface area contributed by atoms with E-state index in [1.165, 1.54) is 29.0 Å². The molecule has 1 aromatic rings. The highest BCUT2D eigenvalue weighted by Crippen LogP contribution is 2.28. The van der Waals surface area contributed by atoms with Crippen LogP contribution in [-0.4, -0.2) is 50.3 Å². The van der Waals surface area contributed by atoms with Crippen LogP contribution >= 0.6 is 11.3 Å². The van der Waals surface area contributed by atoms with Crippen molar-refractivity contribution in [3.63, 3.8) is 0 Å². The first-order valence-electron chi connectivity index (χ1n) is 8.64. The molecule has 3 N–H and O–H groups in total. The number of nitrogens with one attached hydrogen (secondary N) is 1. The quantitative estimate of drug-likeness (QED) is 0.617. The molecule has 3 rings (SSSR count). The third-order valence-electron chi connectivity index (χ3n) is 4.81. The largest absolute Gasteiger partial charge is 0.379 e. The molecule has 2 fully saturated rings. The lowest BCUT2D eigenvalue weighted by Crippen LogP contribution is -2.41. The molecule has 1 saturated carbocycles. The Morgan fingerprint density at radius 2 is 2.22 bits per heavy atom. The monoisotopic (exact) mass is 336 g/mol. The van der Waals surface area contributed by atoms with E-state index in [-0.39, 0.29) is 0 Å². The summed E-state index contributed by atoms with van der Waals surface area (Å²) in [4.78, 5) is 9.81. The number of hydrogen-bond donors (Lipinski definition) is 2. The highest BCUT2D eigenvalue weighted by Gasteiger charge is 2.24. The topological polar surface area (TPSA) is 62.9 Å². The van der Waals surface area contributed by atoms with Crippen LogP contribution in [0.25, 0.3) is 0 Å². The Balaban J connectivity index is 1.60. The number of hydrogen-bond acceptors (Lipinski definition) is 4. The number of nitrogens with zero attached hydrogens (tertiary/aromatic N) is 2. The molecule has 1 aliphatic carbocycles. The molecule has 2 aliphatic rings. The van der Waals surface area contributed by atoms with Gasteiger partial charge in [0.25, 0.3) is 0 Å². The van der Waals surface area contributed by atoms with Crippen LogP contribution in [0.2, 0.25) is 0 Å². The van der Waals surface area contributed by atoms with Crippen molar-refractivity contribution in [2.75, 3.05) is 39.4 Å². The number of aliphatic imine (C=N–C) groups is 1. The normalized spacial score (nSPS) is 21.9. The lowest BCUT2D eigenvalue weighted by Gasteiger charge is -2.33. The summed E-state index contributed by atoms with van der Waals surface area (Å²) in [7, 11) is 0. The number of guanidine groups is 1. The van der Waals surface area contributed by atoms with Crippen molar-refractivity contribution in [3.8, 4) is 0 Å². The predicted molar refractivity (Wildman–Crippen MR) is 96.0 cm³/mol. The summed E-state index contributed by atoms with van der Waals surface area (Å²) in [5.74, 6) is 1.38. The number of nitrogens with two attached hydrogens (primary N) is 1. The third kappa shape index (κ3) is 4.68. The third-order valence-corrected chi connectivity index (χ3v) is 5.91. The van der Waals surface area contributed by atoms with Gasteiger partial charge in [0.2, 0.25) is 0 Å². The van der Waals surface area contributed by atoms with E-state index < -0.39 is 0 Å². The van der Waals surface area contributed by atoms with Crippen molar-refractivity contribution in [1.29, 1.82) is 0 Å². The van der Waals surface area contributed by atoms with Crippen LogP contribution in [0.5, 0.6) is 0 Å². The van der Waals surface area contributed by atoms with Crippen LogP contribution in [0.15, 0.2) is 17.1 Å². The maximum absolute atomic E-state index is 6.06. The summed E-state index contributed by atoms with van der Waals surface area (Å²) < 4.78 is 5.49. The van der Waals surface area contributed by atoms with E-state index in [0.717, 1.165) is 38.8 Å². The molecule has 1 aromatic heterocycles. The Kier molecular flexibility index (Phi) is 5.91. The van der Waals surface area contributed by atoms with Crippen LogP contribution < -0.4 is 11.1 Å². The molecule has 1 saturated heterocycles. The molecule has 5 nitrogen and oxygen atoms in total. The van der Waals surface area contributed by atoms with Crippen molar-refractivity contribution in [1.82, 2.24) is 10.2 Å². The fraction of sp³-hybridized carbons (Fsp3) is 0.706. The molecule has 1 unspecified atom stereocenters. The molecular formula is C17H28N4OS. The van der Waals surface area contributed by atoms with E-state index in [4.69, 9.17) is 10.5 Å². The lowest BCUT2D eigenvalue weighted by atomic mass is 9.85. The van der Waals surface area contributed by atoms with Crippen LogP contribution in [-0.2, 0) is 4.74 Å². The van der Waals surface area contributed by atoms with Gasteiger partial charge in [-0.3, -0.25) is 9.89 Å². The minimum atomic E-state index is 0.307. The number of ether oxygens (including phenoxy) is 1. The zero-order valence-corrected chi connectivity index (χ0v) is 14.8. The zero-order chi connectivity index (χ0) is 16.1. The molecular weight excluding hydrogens is 308 g/mol. The summed E-state index contributed by atoms with van der Waals surface area (Å²) >= 11 is 1.86. The van der Waals surface area contributed by atoms with Crippen molar-refractivity contribution >= 4 is 17.3 Å². The van der Waals surface area contributed by atoms with Crippen LogP contribution in [0.1, 0.15) is 35.1 Å². The molecule has 6 heteroatoms. The first-order chi connectivity index (χ1) is 11.2. The summed E-state index contributed by atoms with van der Waals surface area (Å²) in [6.45, 7) is 7.38. The first-order valence-corrected chi connectivity index (χ1v) is 9.46. The maximum Gasteiger partial charge on any atom is 0.188 e. The Bertz CT molecular complexity index is 520. The van der Waals surface area contributed by atoms with Gasteiger partial charge in [0.1, 0.15) is 0 Å². The summed E-state index contributed by atoms with van der Waals surface area (Å²) in [6.07, 6.45) is 4.01. The van der Waals surface area contributed by atoms with Gasteiger partial charge in [0.15, 0.2) is 5.96 Å². The second-order valence-electron chi connectivity index (χ2n) is 6.52. The Morgan fingerprint density at radius 1 is 1.43 bits per heavy atom. The SMILES string of the molecule is Cc1ccc(C(CN=C(N)NCC2CCC2)N2CCOCC2)s1. The molecule has 0 bridgehead atoms. The standard InChI is InChI=1S/C17H28N4OS/c1-13-5-6-16(23-13)15(21-7-9-22-10-8-21)12-20-17(18)19-11-14-3-2-4-14/h5-6,14-15H,2-4,7-12H2,1H3,(H3,18,19,20). The Labute approximate surface area is 142 Å². The van der Waals surface area contributed by atoms with Crippen molar-refractivity contribution < 1.29 is 4.74 Å². The second-order valence-corrected chi connectivity index (χ2v) is 7.84. The summed E-state index contributed by atoms with van der Waals surface area (Å²) in [5.41, 5.74) is 6.06. The fourth-order valence-corrected chi connectivity index (χ4v) is 4.10. The highest BCUT2D eigenvalue weighted by atomic mass is 32.1. The lowest BCUT2D eigenvalue weighted by molar-refractivity contribution is 0.0187. The molecule has 1 atom stereocenters. The average Bonchev–Trinajstić information content (AvgIpc) is 2.93. The predicted octanol–water partition coefficient (Wildman–Crippen LogP) is 2.13. The Hall–Kier alpha value is -1.11. The van der Waals surface area contributed by atoms with E-state index in [1.54, 1.807) is 0 Å². The first kappa shape index (κ1) is 16.7. The minimum Gasteiger partial charge on any atom is -0.379 e.